The Morgan fingerprint density at radius 1 is 1.67 bits per heavy atom. The molecule has 1 aliphatic rings. The van der Waals surface area contributed by atoms with Crippen LogP contribution in [0.4, 0.5) is 0 Å². The second-order valence-corrected chi connectivity index (χ2v) is 5.32. The second-order valence-electron chi connectivity index (χ2n) is 3.93. The number of thioether (sulfide) groups is 1. The summed E-state index contributed by atoms with van der Waals surface area (Å²) in [5, 5.41) is 19.2. The molecule has 0 aliphatic carbocycles. The molecule has 0 saturated carbocycles. The highest BCUT2D eigenvalue weighted by atomic mass is 32.2. The van der Waals surface area contributed by atoms with Gasteiger partial charge < -0.3 is 9.84 Å². The van der Waals surface area contributed by atoms with Crippen LogP contribution in [0.1, 0.15) is 26.2 Å². The molecule has 0 radical (unpaired) electrons. The molecule has 4 heteroatoms. The molecule has 1 heterocycles. The largest absolute Gasteiger partial charge is 0.391 e. The summed E-state index contributed by atoms with van der Waals surface area (Å²) in [6, 6.07) is 2.26. The molecule has 15 heavy (non-hydrogen) atoms. The number of hydrogen-bond donors (Lipinski definition) is 1. The third-order valence-corrected chi connectivity index (χ3v) is 3.80. The third-order valence-electron chi connectivity index (χ3n) is 2.87. The summed E-state index contributed by atoms with van der Waals surface area (Å²) in [6.45, 7) is 3.21. The number of aliphatic hydroxyl groups excluding tert-OH is 1. The molecule has 86 valence electrons. The molecular weight excluding hydrogens is 210 g/mol. The third kappa shape index (κ3) is 3.37. The Morgan fingerprint density at radius 2 is 2.47 bits per heavy atom. The van der Waals surface area contributed by atoms with Gasteiger partial charge in [0.2, 0.25) is 0 Å². The lowest BCUT2D eigenvalue weighted by molar-refractivity contribution is -0.0495. The molecule has 0 spiro atoms. The van der Waals surface area contributed by atoms with Gasteiger partial charge in [0.05, 0.1) is 18.8 Å². The van der Waals surface area contributed by atoms with Crippen molar-refractivity contribution < 1.29 is 9.84 Å². The van der Waals surface area contributed by atoms with Crippen LogP contribution < -0.4 is 0 Å². The van der Waals surface area contributed by atoms with E-state index in [0.29, 0.717) is 13.0 Å². The molecule has 2 unspecified atom stereocenters. The van der Waals surface area contributed by atoms with Gasteiger partial charge in [0.1, 0.15) is 5.41 Å². The van der Waals surface area contributed by atoms with Crippen LogP contribution in [0.5, 0.6) is 0 Å². The fraction of sp³-hybridized carbons (Fsp3) is 0.909. The summed E-state index contributed by atoms with van der Waals surface area (Å²) in [5.74, 6) is 1.98. The molecule has 0 bridgehead atoms. The number of nitrogens with zero attached hydrogens (tertiary/aromatic N) is 1. The van der Waals surface area contributed by atoms with E-state index in [-0.39, 0.29) is 0 Å². The van der Waals surface area contributed by atoms with Crippen LogP contribution in [0.3, 0.4) is 0 Å². The van der Waals surface area contributed by atoms with E-state index in [1.165, 1.54) is 0 Å². The van der Waals surface area contributed by atoms with Crippen LogP contribution in [0.2, 0.25) is 0 Å². The minimum Gasteiger partial charge on any atom is -0.391 e. The van der Waals surface area contributed by atoms with Gasteiger partial charge in [-0.25, -0.2) is 0 Å². The van der Waals surface area contributed by atoms with E-state index in [0.717, 1.165) is 31.0 Å². The summed E-state index contributed by atoms with van der Waals surface area (Å²) in [4.78, 5) is 0. The average molecular weight is 229 g/mol. The fourth-order valence-corrected chi connectivity index (χ4v) is 2.54. The maximum Gasteiger partial charge on any atom is 0.106 e. The van der Waals surface area contributed by atoms with Gasteiger partial charge in [-0.2, -0.15) is 17.0 Å². The monoisotopic (exact) mass is 229 g/mol. The lowest BCUT2D eigenvalue weighted by Crippen LogP contribution is -2.41. The van der Waals surface area contributed by atoms with Crippen molar-refractivity contribution in [1.82, 2.24) is 0 Å². The first-order valence-electron chi connectivity index (χ1n) is 5.50. The lowest BCUT2D eigenvalue weighted by Gasteiger charge is -2.34. The molecule has 0 amide bonds. The predicted molar refractivity (Wildman–Crippen MR) is 61.7 cm³/mol. The zero-order valence-electron chi connectivity index (χ0n) is 9.24. The molecule has 2 atom stereocenters. The SMILES string of the molecule is CCSCCC(O)C1(C#N)CCCOC1. The summed E-state index contributed by atoms with van der Waals surface area (Å²) in [5.41, 5.74) is -0.646. The predicted octanol–water partition coefficient (Wildman–Crippen LogP) is 1.81. The van der Waals surface area contributed by atoms with E-state index in [9.17, 15) is 10.4 Å². The van der Waals surface area contributed by atoms with Crippen LogP contribution >= 0.6 is 11.8 Å². The van der Waals surface area contributed by atoms with Crippen molar-refractivity contribution in [3.8, 4) is 6.07 Å². The Labute approximate surface area is 95.8 Å². The number of nitriles is 1. The summed E-state index contributed by atoms with van der Waals surface area (Å²) in [6.07, 6.45) is 1.80. The van der Waals surface area contributed by atoms with Crippen LogP contribution in [0, 0.1) is 16.7 Å². The van der Waals surface area contributed by atoms with Crippen molar-refractivity contribution in [2.45, 2.75) is 32.3 Å². The minimum atomic E-state index is -0.646. The van der Waals surface area contributed by atoms with Gasteiger partial charge in [-0.05, 0) is 30.8 Å². The Kier molecular flexibility index (Phi) is 5.44. The van der Waals surface area contributed by atoms with Gasteiger partial charge in [-0.3, -0.25) is 0 Å². The van der Waals surface area contributed by atoms with Crippen LogP contribution in [-0.4, -0.2) is 35.9 Å². The lowest BCUT2D eigenvalue weighted by atomic mass is 9.78. The molecule has 1 saturated heterocycles. The standard InChI is InChI=1S/C11H19NO2S/c1-2-15-7-4-10(13)11(8-12)5-3-6-14-9-11/h10,13H,2-7,9H2,1H3. The Balaban J connectivity index is 2.45. The van der Waals surface area contributed by atoms with Crippen molar-refractivity contribution in [2.75, 3.05) is 24.7 Å². The Bertz CT molecular complexity index is 221. The maximum absolute atomic E-state index is 10.0. The highest BCUT2D eigenvalue weighted by Gasteiger charge is 2.39. The van der Waals surface area contributed by atoms with E-state index in [1.54, 1.807) is 11.8 Å². The topological polar surface area (TPSA) is 53.2 Å². The number of rotatable bonds is 5. The van der Waals surface area contributed by atoms with E-state index < -0.39 is 11.5 Å². The van der Waals surface area contributed by atoms with Gasteiger partial charge in [0.15, 0.2) is 0 Å². The van der Waals surface area contributed by atoms with Crippen LogP contribution in [0.25, 0.3) is 0 Å². The Morgan fingerprint density at radius 3 is 3.00 bits per heavy atom. The van der Waals surface area contributed by atoms with Crippen LogP contribution in [-0.2, 0) is 4.74 Å². The highest BCUT2D eigenvalue weighted by Crippen LogP contribution is 2.33. The van der Waals surface area contributed by atoms with Crippen molar-refractivity contribution in [3.63, 3.8) is 0 Å². The van der Waals surface area contributed by atoms with E-state index in [2.05, 4.69) is 13.0 Å². The van der Waals surface area contributed by atoms with Gasteiger partial charge in [-0.1, -0.05) is 6.92 Å². The molecule has 1 N–H and O–H groups in total. The highest BCUT2D eigenvalue weighted by molar-refractivity contribution is 7.99. The Hall–Kier alpha value is -0.240. The number of aliphatic hydroxyl groups is 1. The van der Waals surface area contributed by atoms with Crippen molar-refractivity contribution in [2.24, 2.45) is 5.41 Å². The zero-order valence-corrected chi connectivity index (χ0v) is 10.1. The molecule has 0 aromatic carbocycles. The zero-order chi connectivity index (χ0) is 11.1. The smallest absolute Gasteiger partial charge is 0.106 e. The van der Waals surface area contributed by atoms with Gasteiger partial charge in [-0.15, -0.1) is 0 Å². The minimum absolute atomic E-state index is 0.390. The van der Waals surface area contributed by atoms with Crippen LogP contribution in [0.15, 0.2) is 0 Å². The normalized spacial score (nSPS) is 28.3. The van der Waals surface area contributed by atoms with E-state index >= 15 is 0 Å². The first-order valence-corrected chi connectivity index (χ1v) is 6.65. The number of hydrogen-bond acceptors (Lipinski definition) is 4. The first kappa shape index (κ1) is 12.8. The fourth-order valence-electron chi connectivity index (χ4n) is 1.86. The molecule has 1 aliphatic heterocycles. The molecule has 1 fully saturated rings. The van der Waals surface area contributed by atoms with E-state index in [1.807, 2.05) is 0 Å². The maximum atomic E-state index is 10.0. The summed E-state index contributed by atoms with van der Waals surface area (Å²) >= 11 is 1.80. The number of ether oxygens (including phenoxy) is 1. The molecule has 0 aromatic heterocycles. The molecule has 1 rings (SSSR count). The quantitative estimate of drug-likeness (QED) is 0.731. The summed E-state index contributed by atoms with van der Waals surface area (Å²) in [7, 11) is 0. The molecular formula is C11H19NO2S. The second kappa shape index (κ2) is 6.37. The average Bonchev–Trinajstić information content (AvgIpc) is 2.30. The first-order chi connectivity index (χ1) is 7.25. The van der Waals surface area contributed by atoms with Crippen molar-refractivity contribution in [3.05, 3.63) is 0 Å². The van der Waals surface area contributed by atoms with Gasteiger partial charge >= 0.3 is 0 Å². The van der Waals surface area contributed by atoms with Crippen molar-refractivity contribution in [1.29, 1.82) is 5.26 Å². The summed E-state index contributed by atoms with van der Waals surface area (Å²) < 4.78 is 5.31. The molecule has 0 aromatic rings. The van der Waals surface area contributed by atoms with E-state index in [4.69, 9.17) is 4.74 Å². The van der Waals surface area contributed by atoms with Gasteiger partial charge in [0, 0.05) is 6.61 Å². The van der Waals surface area contributed by atoms with Crippen molar-refractivity contribution >= 4 is 11.8 Å². The molecule has 3 nitrogen and oxygen atoms in total. The van der Waals surface area contributed by atoms with Gasteiger partial charge in [0.25, 0.3) is 0 Å².